The number of carbonyl (C=O) groups is 2. The summed E-state index contributed by atoms with van der Waals surface area (Å²) < 4.78 is 0. The van der Waals surface area contributed by atoms with Gasteiger partial charge >= 0.3 is 0 Å². The van der Waals surface area contributed by atoms with Gasteiger partial charge in [-0.3, -0.25) is 9.59 Å². The molecule has 0 bridgehead atoms. The van der Waals surface area contributed by atoms with E-state index in [-0.39, 0.29) is 17.7 Å². The van der Waals surface area contributed by atoms with Crippen LogP contribution in [0.3, 0.4) is 0 Å². The smallest absolute Gasteiger partial charge is 0.251 e. The van der Waals surface area contributed by atoms with Gasteiger partial charge in [0.25, 0.3) is 5.91 Å². The Balaban J connectivity index is 2.53. The molecule has 0 aliphatic carbocycles. The monoisotopic (exact) mass is 277 g/mol. The van der Waals surface area contributed by atoms with Crippen LogP contribution in [-0.4, -0.2) is 25.4 Å². The summed E-state index contributed by atoms with van der Waals surface area (Å²) >= 11 is 0. The quantitative estimate of drug-likeness (QED) is 0.696. The maximum atomic E-state index is 11.9. The third kappa shape index (κ3) is 4.66. The molecule has 0 radical (unpaired) electrons. The van der Waals surface area contributed by atoms with Gasteiger partial charge in [-0.1, -0.05) is 25.5 Å². The van der Waals surface area contributed by atoms with Crippen molar-refractivity contribution in [3.8, 4) is 0 Å². The molecule has 1 aromatic rings. The Morgan fingerprint density at radius 3 is 2.40 bits per heavy atom. The van der Waals surface area contributed by atoms with Crippen molar-refractivity contribution >= 4 is 11.8 Å². The molecule has 5 heteroatoms. The second-order valence-corrected chi connectivity index (χ2v) is 4.72. The highest BCUT2D eigenvalue weighted by atomic mass is 16.2. The summed E-state index contributed by atoms with van der Waals surface area (Å²) in [5, 5.41) is 5.44. The Labute approximate surface area is 119 Å². The first-order valence-electron chi connectivity index (χ1n) is 6.91. The van der Waals surface area contributed by atoms with Gasteiger partial charge in [-0.15, -0.1) is 0 Å². The summed E-state index contributed by atoms with van der Waals surface area (Å²) in [6.07, 6.45) is 1.74. The fraction of sp³-hybridized carbons (Fsp3) is 0.467. The van der Waals surface area contributed by atoms with Crippen LogP contribution in [0.15, 0.2) is 24.3 Å². The molecule has 0 aromatic heterocycles. The van der Waals surface area contributed by atoms with E-state index in [1.54, 1.807) is 19.2 Å². The molecule has 0 saturated heterocycles. The standard InChI is InChI=1S/C15H23N3O2/c1-3-4-13(9-16)15(20)18-10-11-5-7-12(8-6-11)14(19)17-2/h5-8,13H,3-4,9-10,16H2,1-2H3,(H,17,19)(H,18,20). The average Bonchev–Trinajstić information content (AvgIpc) is 2.49. The molecular formula is C15H23N3O2. The summed E-state index contributed by atoms with van der Waals surface area (Å²) in [7, 11) is 1.59. The number of nitrogens with two attached hydrogens (primary N) is 1. The number of hydrogen-bond donors (Lipinski definition) is 3. The molecule has 110 valence electrons. The third-order valence-corrected chi connectivity index (χ3v) is 3.20. The largest absolute Gasteiger partial charge is 0.355 e. The molecule has 20 heavy (non-hydrogen) atoms. The summed E-state index contributed by atoms with van der Waals surface area (Å²) in [5.41, 5.74) is 7.15. The van der Waals surface area contributed by atoms with Crippen molar-refractivity contribution in [2.45, 2.75) is 26.3 Å². The van der Waals surface area contributed by atoms with Gasteiger partial charge in [0.05, 0.1) is 5.92 Å². The summed E-state index contributed by atoms with van der Waals surface area (Å²) in [6, 6.07) is 7.16. The summed E-state index contributed by atoms with van der Waals surface area (Å²) in [4.78, 5) is 23.3. The minimum Gasteiger partial charge on any atom is -0.355 e. The van der Waals surface area contributed by atoms with Crippen molar-refractivity contribution in [1.29, 1.82) is 0 Å². The SMILES string of the molecule is CCCC(CN)C(=O)NCc1ccc(C(=O)NC)cc1. The zero-order valence-electron chi connectivity index (χ0n) is 12.1. The summed E-state index contributed by atoms with van der Waals surface area (Å²) in [6.45, 7) is 2.86. The molecule has 0 spiro atoms. The second-order valence-electron chi connectivity index (χ2n) is 4.72. The lowest BCUT2D eigenvalue weighted by Crippen LogP contribution is -2.34. The van der Waals surface area contributed by atoms with Gasteiger partial charge in [0.2, 0.25) is 5.91 Å². The van der Waals surface area contributed by atoms with E-state index in [1.165, 1.54) is 0 Å². The number of rotatable bonds is 7. The Hall–Kier alpha value is -1.88. The molecule has 2 amide bonds. The molecular weight excluding hydrogens is 254 g/mol. The fourth-order valence-electron chi connectivity index (χ4n) is 1.96. The van der Waals surface area contributed by atoms with Crippen LogP contribution < -0.4 is 16.4 Å². The lowest BCUT2D eigenvalue weighted by molar-refractivity contribution is -0.125. The molecule has 1 atom stereocenters. The molecule has 0 fully saturated rings. The number of amides is 2. The van der Waals surface area contributed by atoms with Gasteiger partial charge in [-0.2, -0.15) is 0 Å². The molecule has 1 unspecified atom stereocenters. The van der Waals surface area contributed by atoms with E-state index in [1.807, 2.05) is 19.1 Å². The summed E-state index contributed by atoms with van der Waals surface area (Å²) in [5.74, 6) is -0.249. The van der Waals surface area contributed by atoms with Gasteiger partial charge in [-0.05, 0) is 24.1 Å². The van der Waals surface area contributed by atoms with Crippen molar-refractivity contribution in [2.24, 2.45) is 11.7 Å². The predicted octanol–water partition coefficient (Wildman–Crippen LogP) is 1.04. The molecule has 1 aromatic carbocycles. The van der Waals surface area contributed by atoms with Crippen LogP contribution in [0.2, 0.25) is 0 Å². The van der Waals surface area contributed by atoms with E-state index in [4.69, 9.17) is 5.73 Å². The highest BCUT2D eigenvalue weighted by Gasteiger charge is 2.15. The first-order chi connectivity index (χ1) is 9.62. The Morgan fingerprint density at radius 1 is 1.25 bits per heavy atom. The molecule has 0 saturated carbocycles. The second kappa shape index (κ2) is 8.32. The zero-order chi connectivity index (χ0) is 15.0. The van der Waals surface area contributed by atoms with Crippen molar-refractivity contribution in [1.82, 2.24) is 10.6 Å². The topological polar surface area (TPSA) is 84.2 Å². The van der Waals surface area contributed by atoms with Gasteiger partial charge < -0.3 is 16.4 Å². The molecule has 0 aliphatic rings. The number of benzene rings is 1. The van der Waals surface area contributed by atoms with Gasteiger partial charge in [-0.25, -0.2) is 0 Å². The normalized spacial score (nSPS) is 11.8. The van der Waals surface area contributed by atoms with Gasteiger partial charge in [0.15, 0.2) is 0 Å². The number of carbonyl (C=O) groups excluding carboxylic acids is 2. The van der Waals surface area contributed by atoms with Crippen LogP contribution in [0.1, 0.15) is 35.7 Å². The molecule has 0 heterocycles. The maximum Gasteiger partial charge on any atom is 0.251 e. The van der Waals surface area contributed by atoms with E-state index in [9.17, 15) is 9.59 Å². The van der Waals surface area contributed by atoms with Crippen molar-refractivity contribution in [2.75, 3.05) is 13.6 Å². The number of hydrogen-bond acceptors (Lipinski definition) is 3. The van der Waals surface area contributed by atoms with Crippen molar-refractivity contribution in [3.05, 3.63) is 35.4 Å². The lowest BCUT2D eigenvalue weighted by atomic mass is 10.0. The Morgan fingerprint density at radius 2 is 1.90 bits per heavy atom. The first kappa shape index (κ1) is 16.2. The lowest BCUT2D eigenvalue weighted by Gasteiger charge is -2.14. The highest BCUT2D eigenvalue weighted by Crippen LogP contribution is 2.07. The van der Waals surface area contributed by atoms with Gasteiger partial charge in [0.1, 0.15) is 0 Å². The predicted molar refractivity (Wildman–Crippen MR) is 79.1 cm³/mol. The van der Waals surface area contributed by atoms with Crippen molar-refractivity contribution < 1.29 is 9.59 Å². The van der Waals surface area contributed by atoms with E-state index in [0.717, 1.165) is 18.4 Å². The highest BCUT2D eigenvalue weighted by molar-refractivity contribution is 5.93. The zero-order valence-corrected chi connectivity index (χ0v) is 12.1. The van der Waals surface area contributed by atoms with Crippen LogP contribution in [-0.2, 0) is 11.3 Å². The van der Waals surface area contributed by atoms with E-state index in [2.05, 4.69) is 10.6 Å². The molecule has 0 aliphatic heterocycles. The molecule has 1 rings (SSSR count). The third-order valence-electron chi connectivity index (χ3n) is 3.20. The van der Waals surface area contributed by atoms with Gasteiger partial charge in [0, 0.05) is 25.7 Å². The van der Waals surface area contributed by atoms with Crippen LogP contribution >= 0.6 is 0 Å². The minimum absolute atomic E-state index is 0.00951. The van der Waals surface area contributed by atoms with Crippen LogP contribution in [0.5, 0.6) is 0 Å². The van der Waals surface area contributed by atoms with E-state index < -0.39 is 0 Å². The molecule has 5 nitrogen and oxygen atoms in total. The van der Waals surface area contributed by atoms with Crippen molar-refractivity contribution in [3.63, 3.8) is 0 Å². The van der Waals surface area contributed by atoms with Crippen LogP contribution in [0.4, 0.5) is 0 Å². The fourth-order valence-corrected chi connectivity index (χ4v) is 1.96. The first-order valence-corrected chi connectivity index (χ1v) is 6.91. The average molecular weight is 277 g/mol. The van der Waals surface area contributed by atoms with Crippen LogP contribution in [0, 0.1) is 5.92 Å². The minimum atomic E-state index is -0.120. The van der Waals surface area contributed by atoms with Crippen LogP contribution in [0.25, 0.3) is 0 Å². The molecule has 4 N–H and O–H groups in total. The Kier molecular flexibility index (Phi) is 6.73. The number of nitrogens with one attached hydrogen (secondary N) is 2. The Bertz CT molecular complexity index is 443. The van der Waals surface area contributed by atoms with E-state index in [0.29, 0.717) is 18.7 Å². The maximum absolute atomic E-state index is 11.9. The van der Waals surface area contributed by atoms with E-state index >= 15 is 0 Å².